The molecule has 2 atom stereocenters. The van der Waals surface area contributed by atoms with Gasteiger partial charge in [-0.1, -0.05) is 6.07 Å². The van der Waals surface area contributed by atoms with Gasteiger partial charge >= 0.3 is 0 Å². The standard InChI is InChI=1S/C21H27N3O3.2ClH/c1-3-26-20-12-17(21(25)24-18-8-10-23-15(2)11-18)6-7-19(20)27-14-16-5-4-9-22-13-16;;/h4-7,9,12-13,15,18,23H,3,8,10-11,14H2,1-2H3,(H,24,25);2*1H. The Hall–Kier alpha value is -2.02. The smallest absolute Gasteiger partial charge is 0.251 e. The molecule has 29 heavy (non-hydrogen) atoms. The first-order valence-electron chi connectivity index (χ1n) is 9.48. The number of aromatic nitrogens is 1. The monoisotopic (exact) mass is 441 g/mol. The minimum Gasteiger partial charge on any atom is -0.490 e. The van der Waals surface area contributed by atoms with Gasteiger partial charge in [-0.05, 0) is 57.5 Å². The zero-order chi connectivity index (χ0) is 19.1. The molecule has 160 valence electrons. The molecule has 0 bridgehead atoms. The van der Waals surface area contributed by atoms with E-state index in [0.717, 1.165) is 24.9 Å². The summed E-state index contributed by atoms with van der Waals surface area (Å²) >= 11 is 0. The van der Waals surface area contributed by atoms with E-state index in [2.05, 4.69) is 22.5 Å². The minimum absolute atomic E-state index is 0. The van der Waals surface area contributed by atoms with Crippen molar-refractivity contribution in [2.45, 2.75) is 45.4 Å². The lowest BCUT2D eigenvalue weighted by Gasteiger charge is -2.28. The number of amides is 1. The summed E-state index contributed by atoms with van der Waals surface area (Å²) < 4.78 is 11.6. The van der Waals surface area contributed by atoms with E-state index in [1.165, 1.54) is 0 Å². The Bertz CT molecular complexity index is 762. The number of pyridine rings is 1. The van der Waals surface area contributed by atoms with Crippen LogP contribution in [0.15, 0.2) is 42.7 Å². The van der Waals surface area contributed by atoms with E-state index < -0.39 is 0 Å². The van der Waals surface area contributed by atoms with Gasteiger partial charge < -0.3 is 20.1 Å². The molecular formula is C21H29Cl2N3O3. The highest BCUT2D eigenvalue weighted by molar-refractivity contribution is 5.95. The number of ether oxygens (including phenoxy) is 2. The molecule has 2 aromatic rings. The van der Waals surface area contributed by atoms with Gasteiger partial charge in [0, 0.05) is 35.6 Å². The van der Waals surface area contributed by atoms with Crippen molar-refractivity contribution >= 4 is 30.7 Å². The average Bonchev–Trinajstić information content (AvgIpc) is 2.68. The average molecular weight is 442 g/mol. The SMILES string of the molecule is CCOc1cc(C(=O)NC2CCNC(C)C2)ccc1OCc1cccnc1.Cl.Cl. The molecule has 2 heterocycles. The van der Waals surface area contributed by atoms with Crippen molar-refractivity contribution in [2.24, 2.45) is 0 Å². The Kier molecular flexibility index (Phi) is 10.8. The van der Waals surface area contributed by atoms with Crippen LogP contribution < -0.4 is 20.1 Å². The van der Waals surface area contributed by atoms with Gasteiger partial charge in [-0.25, -0.2) is 0 Å². The minimum atomic E-state index is -0.0751. The van der Waals surface area contributed by atoms with E-state index in [9.17, 15) is 4.79 Å². The van der Waals surface area contributed by atoms with E-state index in [-0.39, 0.29) is 36.8 Å². The third kappa shape index (κ3) is 7.38. The van der Waals surface area contributed by atoms with Gasteiger partial charge in [0.15, 0.2) is 11.5 Å². The zero-order valence-electron chi connectivity index (χ0n) is 16.7. The maximum absolute atomic E-state index is 12.6. The lowest BCUT2D eigenvalue weighted by molar-refractivity contribution is 0.0925. The van der Waals surface area contributed by atoms with Gasteiger partial charge in [0.1, 0.15) is 6.61 Å². The van der Waals surface area contributed by atoms with Crippen molar-refractivity contribution in [3.63, 3.8) is 0 Å². The molecule has 3 rings (SSSR count). The maximum atomic E-state index is 12.6. The number of carbonyl (C=O) groups is 1. The number of rotatable bonds is 7. The summed E-state index contributed by atoms with van der Waals surface area (Å²) in [6.45, 7) is 5.87. The molecule has 0 aliphatic carbocycles. The van der Waals surface area contributed by atoms with Crippen molar-refractivity contribution < 1.29 is 14.3 Å². The summed E-state index contributed by atoms with van der Waals surface area (Å²) in [5, 5.41) is 6.52. The molecule has 1 fully saturated rings. The van der Waals surface area contributed by atoms with Crippen molar-refractivity contribution in [3.05, 3.63) is 53.9 Å². The highest BCUT2D eigenvalue weighted by Gasteiger charge is 2.21. The van der Waals surface area contributed by atoms with Gasteiger partial charge in [-0.3, -0.25) is 9.78 Å². The fraction of sp³-hybridized carbons (Fsp3) is 0.429. The Morgan fingerprint density at radius 2 is 2.07 bits per heavy atom. The first-order chi connectivity index (χ1) is 13.2. The van der Waals surface area contributed by atoms with Crippen LogP contribution in [0.25, 0.3) is 0 Å². The second kappa shape index (κ2) is 12.5. The highest BCUT2D eigenvalue weighted by atomic mass is 35.5. The van der Waals surface area contributed by atoms with Crippen LogP contribution in [0.3, 0.4) is 0 Å². The summed E-state index contributed by atoms with van der Waals surface area (Å²) in [6.07, 6.45) is 5.38. The van der Waals surface area contributed by atoms with Crippen molar-refractivity contribution in [1.29, 1.82) is 0 Å². The molecule has 2 unspecified atom stereocenters. The summed E-state index contributed by atoms with van der Waals surface area (Å²) in [5.41, 5.74) is 1.56. The number of nitrogens with zero attached hydrogens (tertiary/aromatic N) is 1. The largest absolute Gasteiger partial charge is 0.490 e. The summed E-state index contributed by atoms with van der Waals surface area (Å²) in [6, 6.07) is 9.77. The fourth-order valence-corrected chi connectivity index (χ4v) is 3.21. The topological polar surface area (TPSA) is 72.5 Å². The maximum Gasteiger partial charge on any atom is 0.251 e. The van der Waals surface area contributed by atoms with E-state index in [1.54, 1.807) is 30.6 Å². The van der Waals surface area contributed by atoms with Gasteiger partial charge in [0.2, 0.25) is 0 Å². The molecule has 1 aliphatic rings. The number of hydrogen-bond acceptors (Lipinski definition) is 5. The molecule has 1 saturated heterocycles. The Morgan fingerprint density at radius 3 is 2.76 bits per heavy atom. The Morgan fingerprint density at radius 1 is 1.24 bits per heavy atom. The molecule has 8 heteroatoms. The van der Waals surface area contributed by atoms with Crippen LogP contribution in [0, 0.1) is 0 Å². The Balaban J connectivity index is 0.00000210. The zero-order valence-corrected chi connectivity index (χ0v) is 18.4. The molecule has 2 N–H and O–H groups in total. The van der Waals surface area contributed by atoms with Gasteiger partial charge in [-0.15, -0.1) is 24.8 Å². The lowest BCUT2D eigenvalue weighted by atomic mass is 10.00. The predicted molar refractivity (Wildman–Crippen MR) is 119 cm³/mol. The van der Waals surface area contributed by atoms with Crippen molar-refractivity contribution in [1.82, 2.24) is 15.6 Å². The third-order valence-corrected chi connectivity index (χ3v) is 4.58. The summed E-state index contributed by atoms with van der Waals surface area (Å²) in [4.78, 5) is 16.7. The number of nitrogens with one attached hydrogen (secondary N) is 2. The van der Waals surface area contributed by atoms with Crippen molar-refractivity contribution in [2.75, 3.05) is 13.2 Å². The molecule has 0 radical (unpaired) electrons. The van der Waals surface area contributed by atoms with Crippen LogP contribution in [0.5, 0.6) is 11.5 Å². The van der Waals surface area contributed by atoms with Crippen LogP contribution in [0.2, 0.25) is 0 Å². The summed E-state index contributed by atoms with van der Waals surface area (Å²) in [7, 11) is 0. The van der Waals surface area contributed by atoms with Gasteiger partial charge in [0.25, 0.3) is 5.91 Å². The van der Waals surface area contributed by atoms with Crippen LogP contribution >= 0.6 is 24.8 Å². The van der Waals surface area contributed by atoms with Crippen LogP contribution in [0.1, 0.15) is 42.6 Å². The second-order valence-corrected chi connectivity index (χ2v) is 6.79. The molecule has 0 spiro atoms. The second-order valence-electron chi connectivity index (χ2n) is 6.79. The van der Waals surface area contributed by atoms with Gasteiger partial charge in [-0.2, -0.15) is 0 Å². The highest BCUT2D eigenvalue weighted by Crippen LogP contribution is 2.29. The first kappa shape index (κ1) is 25.0. The quantitative estimate of drug-likeness (QED) is 0.683. The normalized spacial score (nSPS) is 18.0. The molecule has 1 aliphatic heterocycles. The number of carbonyl (C=O) groups excluding carboxylic acids is 1. The fourth-order valence-electron chi connectivity index (χ4n) is 3.21. The van der Waals surface area contributed by atoms with Crippen LogP contribution in [0.4, 0.5) is 0 Å². The van der Waals surface area contributed by atoms with E-state index in [1.807, 2.05) is 19.1 Å². The number of benzene rings is 1. The lowest BCUT2D eigenvalue weighted by Crippen LogP contribution is -2.46. The third-order valence-electron chi connectivity index (χ3n) is 4.58. The predicted octanol–water partition coefficient (Wildman–Crippen LogP) is 3.77. The van der Waals surface area contributed by atoms with E-state index in [0.29, 0.717) is 36.3 Å². The van der Waals surface area contributed by atoms with E-state index in [4.69, 9.17) is 9.47 Å². The Labute approximate surface area is 184 Å². The molecular weight excluding hydrogens is 413 g/mol. The van der Waals surface area contributed by atoms with Crippen LogP contribution in [-0.2, 0) is 6.61 Å². The first-order valence-corrected chi connectivity index (χ1v) is 9.48. The van der Waals surface area contributed by atoms with Crippen LogP contribution in [-0.4, -0.2) is 36.1 Å². The van der Waals surface area contributed by atoms with E-state index >= 15 is 0 Å². The summed E-state index contributed by atoms with van der Waals surface area (Å²) in [5.74, 6) is 1.12. The number of piperidine rings is 1. The molecule has 0 saturated carbocycles. The van der Waals surface area contributed by atoms with Gasteiger partial charge in [0.05, 0.1) is 6.61 Å². The molecule has 1 amide bonds. The van der Waals surface area contributed by atoms with Crippen molar-refractivity contribution in [3.8, 4) is 11.5 Å². The molecule has 1 aromatic heterocycles. The molecule has 1 aromatic carbocycles. The number of hydrogen-bond donors (Lipinski definition) is 2. The molecule has 6 nitrogen and oxygen atoms in total. The number of halogens is 2.